The number of para-hydroxylation sites is 2. The largest absolute Gasteiger partial charge is 0.431 e. The molecular weight excluding hydrogens is 336 g/mol. The fourth-order valence-electron chi connectivity index (χ4n) is 1.98. The van der Waals surface area contributed by atoms with Gasteiger partial charge in [-0.3, -0.25) is 0 Å². The first-order valence-corrected chi connectivity index (χ1v) is 7.91. The van der Waals surface area contributed by atoms with E-state index in [2.05, 4.69) is 33.0 Å². The maximum Gasteiger partial charge on any atom is 0.257 e. The molecule has 5 heteroatoms. The molecule has 0 spiro atoms. The first-order valence-electron chi connectivity index (χ1n) is 6.24. The Morgan fingerprint density at radius 3 is 2.80 bits per heavy atom. The maximum atomic E-state index is 5.89. The Balaban J connectivity index is 1.87. The predicted octanol–water partition coefficient (Wildman–Crippen LogP) is 4.38. The number of halogens is 1. The molecule has 20 heavy (non-hydrogen) atoms. The summed E-state index contributed by atoms with van der Waals surface area (Å²) in [5.74, 6) is 0. The van der Waals surface area contributed by atoms with Crippen LogP contribution in [0.3, 0.4) is 0 Å². The predicted molar refractivity (Wildman–Crippen MR) is 85.8 cm³/mol. The molecule has 0 aliphatic heterocycles. The van der Waals surface area contributed by atoms with Gasteiger partial charge in [-0.05, 0) is 29.8 Å². The molecule has 0 amide bonds. The lowest BCUT2D eigenvalue weighted by molar-refractivity contribution is 0.488. The maximum absolute atomic E-state index is 5.89. The average Bonchev–Trinajstić information content (AvgIpc) is 2.87. The number of aromatic nitrogens is 1. The molecule has 102 valence electrons. The number of hydrogen-bond acceptors (Lipinski definition) is 4. The van der Waals surface area contributed by atoms with E-state index < -0.39 is 0 Å². The van der Waals surface area contributed by atoms with Crippen molar-refractivity contribution in [3.05, 3.63) is 58.6 Å². The van der Waals surface area contributed by atoms with Crippen LogP contribution in [0.1, 0.15) is 10.8 Å². The third-order valence-electron chi connectivity index (χ3n) is 2.95. The molecule has 0 bridgehead atoms. The highest BCUT2D eigenvalue weighted by Gasteiger charge is 2.16. The third kappa shape index (κ3) is 2.90. The van der Waals surface area contributed by atoms with Gasteiger partial charge in [0.25, 0.3) is 5.22 Å². The van der Waals surface area contributed by atoms with E-state index in [9.17, 15) is 0 Å². The van der Waals surface area contributed by atoms with Crippen molar-refractivity contribution in [2.24, 2.45) is 5.73 Å². The molecule has 0 aliphatic rings. The van der Waals surface area contributed by atoms with Gasteiger partial charge in [0.05, 0.1) is 5.25 Å². The summed E-state index contributed by atoms with van der Waals surface area (Å²) in [4.78, 5) is 4.48. The molecular formula is C15H13BrN2OS. The Kier molecular flexibility index (Phi) is 4.10. The zero-order chi connectivity index (χ0) is 13.9. The number of nitrogens with zero attached hydrogens (tertiary/aromatic N) is 1. The van der Waals surface area contributed by atoms with Gasteiger partial charge in [0, 0.05) is 11.0 Å². The summed E-state index contributed by atoms with van der Waals surface area (Å²) in [6.07, 6.45) is 0. The Labute approximate surface area is 129 Å². The third-order valence-corrected chi connectivity index (χ3v) is 4.57. The average molecular weight is 349 g/mol. The fourth-order valence-corrected chi connectivity index (χ4v) is 3.31. The molecule has 0 saturated heterocycles. The highest BCUT2D eigenvalue weighted by atomic mass is 79.9. The minimum atomic E-state index is 0.126. The van der Waals surface area contributed by atoms with Crippen LogP contribution in [-0.4, -0.2) is 11.5 Å². The minimum absolute atomic E-state index is 0.126. The van der Waals surface area contributed by atoms with Crippen molar-refractivity contribution in [3.8, 4) is 0 Å². The fraction of sp³-hybridized carbons (Fsp3) is 0.133. The molecule has 0 aliphatic carbocycles. The van der Waals surface area contributed by atoms with Crippen LogP contribution in [-0.2, 0) is 0 Å². The van der Waals surface area contributed by atoms with Gasteiger partial charge in [0.1, 0.15) is 5.52 Å². The zero-order valence-corrected chi connectivity index (χ0v) is 13.0. The van der Waals surface area contributed by atoms with Crippen molar-refractivity contribution >= 4 is 38.8 Å². The van der Waals surface area contributed by atoms with Crippen LogP contribution in [0.5, 0.6) is 0 Å². The van der Waals surface area contributed by atoms with Crippen LogP contribution in [0.25, 0.3) is 11.1 Å². The van der Waals surface area contributed by atoms with E-state index >= 15 is 0 Å². The molecule has 0 radical (unpaired) electrons. The Morgan fingerprint density at radius 1 is 1.20 bits per heavy atom. The van der Waals surface area contributed by atoms with Gasteiger partial charge in [0.15, 0.2) is 5.58 Å². The monoisotopic (exact) mass is 348 g/mol. The van der Waals surface area contributed by atoms with E-state index in [4.69, 9.17) is 10.2 Å². The molecule has 0 fully saturated rings. The lowest BCUT2D eigenvalue weighted by Gasteiger charge is -2.12. The molecule has 0 saturated carbocycles. The first kappa shape index (κ1) is 13.7. The number of benzene rings is 2. The summed E-state index contributed by atoms with van der Waals surface area (Å²) in [6, 6.07) is 15.9. The summed E-state index contributed by atoms with van der Waals surface area (Å²) in [6.45, 7) is 0.528. The molecule has 3 rings (SSSR count). The summed E-state index contributed by atoms with van der Waals surface area (Å²) in [7, 11) is 0. The smallest absolute Gasteiger partial charge is 0.257 e. The second-order valence-corrected chi connectivity index (χ2v) is 6.41. The normalized spacial score (nSPS) is 12.7. The van der Waals surface area contributed by atoms with E-state index in [0.29, 0.717) is 11.8 Å². The summed E-state index contributed by atoms with van der Waals surface area (Å²) >= 11 is 5.04. The minimum Gasteiger partial charge on any atom is -0.431 e. The van der Waals surface area contributed by atoms with E-state index in [1.807, 2.05) is 36.4 Å². The summed E-state index contributed by atoms with van der Waals surface area (Å²) in [5.41, 5.74) is 8.73. The Morgan fingerprint density at radius 2 is 2.05 bits per heavy atom. The topological polar surface area (TPSA) is 52.0 Å². The summed E-state index contributed by atoms with van der Waals surface area (Å²) < 4.78 is 6.78. The molecule has 1 unspecified atom stereocenters. The second-order valence-electron chi connectivity index (χ2n) is 4.34. The van der Waals surface area contributed by atoms with Gasteiger partial charge in [0.2, 0.25) is 0 Å². The van der Waals surface area contributed by atoms with Gasteiger partial charge in [-0.2, -0.15) is 0 Å². The molecule has 2 aromatic carbocycles. The number of rotatable bonds is 4. The number of fused-ring (bicyclic) bond motifs is 1. The van der Waals surface area contributed by atoms with E-state index in [0.717, 1.165) is 21.1 Å². The zero-order valence-electron chi connectivity index (χ0n) is 10.6. The van der Waals surface area contributed by atoms with Crippen molar-refractivity contribution in [3.63, 3.8) is 0 Å². The van der Waals surface area contributed by atoms with Gasteiger partial charge in [-0.1, -0.05) is 52.0 Å². The summed E-state index contributed by atoms with van der Waals surface area (Å²) in [5, 5.41) is 0.780. The van der Waals surface area contributed by atoms with E-state index in [-0.39, 0.29) is 5.25 Å². The second kappa shape index (κ2) is 5.99. The van der Waals surface area contributed by atoms with Crippen molar-refractivity contribution < 1.29 is 4.42 Å². The van der Waals surface area contributed by atoms with Gasteiger partial charge >= 0.3 is 0 Å². The molecule has 1 atom stereocenters. The van der Waals surface area contributed by atoms with Crippen LogP contribution < -0.4 is 5.73 Å². The van der Waals surface area contributed by atoms with Gasteiger partial charge in [-0.15, -0.1) is 0 Å². The van der Waals surface area contributed by atoms with E-state index in [1.165, 1.54) is 0 Å². The number of oxazole rings is 1. The van der Waals surface area contributed by atoms with Gasteiger partial charge in [-0.25, -0.2) is 4.98 Å². The molecule has 2 N–H and O–H groups in total. The SMILES string of the molecule is NCC(Sc1nc2ccccc2o1)c1cccc(Br)c1. The number of nitrogens with two attached hydrogens (primary N) is 1. The molecule has 3 nitrogen and oxygen atoms in total. The standard InChI is InChI=1S/C15H13BrN2OS/c16-11-5-3-4-10(8-11)14(9-17)20-15-18-12-6-1-2-7-13(12)19-15/h1-8,14H,9,17H2. The van der Waals surface area contributed by atoms with Crippen molar-refractivity contribution in [2.45, 2.75) is 10.5 Å². The van der Waals surface area contributed by atoms with E-state index in [1.54, 1.807) is 11.8 Å². The quantitative estimate of drug-likeness (QED) is 0.710. The number of thioether (sulfide) groups is 1. The van der Waals surface area contributed by atoms with Crippen LogP contribution in [0.4, 0.5) is 0 Å². The highest BCUT2D eigenvalue weighted by molar-refractivity contribution is 9.10. The lowest BCUT2D eigenvalue weighted by atomic mass is 10.1. The molecule has 3 aromatic rings. The van der Waals surface area contributed by atoms with Gasteiger partial charge < -0.3 is 10.2 Å². The Bertz CT molecular complexity index is 695. The highest BCUT2D eigenvalue weighted by Crippen LogP contribution is 2.36. The molecule has 1 heterocycles. The first-order chi connectivity index (χ1) is 9.76. The van der Waals surface area contributed by atoms with Crippen LogP contribution in [0.2, 0.25) is 0 Å². The van der Waals surface area contributed by atoms with Crippen molar-refractivity contribution in [2.75, 3.05) is 6.54 Å². The van der Waals surface area contributed by atoms with Crippen molar-refractivity contribution in [1.82, 2.24) is 4.98 Å². The lowest BCUT2D eigenvalue weighted by Crippen LogP contribution is -2.09. The van der Waals surface area contributed by atoms with Crippen LogP contribution in [0, 0.1) is 0 Å². The van der Waals surface area contributed by atoms with Crippen LogP contribution in [0.15, 0.2) is 62.6 Å². The number of hydrogen-bond donors (Lipinski definition) is 1. The molecule has 1 aromatic heterocycles. The Hall–Kier alpha value is -1.30. The van der Waals surface area contributed by atoms with Crippen LogP contribution >= 0.6 is 27.7 Å². The van der Waals surface area contributed by atoms with Crippen molar-refractivity contribution in [1.29, 1.82) is 0 Å².